The van der Waals surface area contributed by atoms with Gasteiger partial charge in [-0.3, -0.25) is 0 Å². The van der Waals surface area contributed by atoms with E-state index in [1.54, 1.807) is 19.2 Å². The van der Waals surface area contributed by atoms with Crippen LogP contribution in [0.25, 0.3) is 6.08 Å². The van der Waals surface area contributed by atoms with Crippen LogP contribution in [0.5, 0.6) is 23.0 Å². The van der Waals surface area contributed by atoms with Gasteiger partial charge in [-0.1, -0.05) is 32.1 Å². The van der Waals surface area contributed by atoms with Crippen LogP contribution < -0.4 is 9.47 Å². The SMILES string of the molecule is CC/C=C/c1cc(OC)c2c(c1)[C@H](CC)[C@@H](c1ccc(O)c(O)c1)O2. The van der Waals surface area contributed by atoms with Gasteiger partial charge in [0.1, 0.15) is 6.10 Å². The molecule has 1 aliphatic rings. The van der Waals surface area contributed by atoms with E-state index < -0.39 is 0 Å². The molecule has 4 nitrogen and oxygen atoms in total. The van der Waals surface area contributed by atoms with Gasteiger partial charge in [-0.05, 0) is 48.2 Å². The first-order valence-electron chi connectivity index (χ1n) is 8.66. The van der Waals surface area contributed by atoms with Crippen molar-refractivity contribution < 1.29 is 19.7 Å². The molecule has 0 unspecified atom stereocenters. The molecule has 0 aliphatic carbocycles. The molecule has 0 amide bonds. The Morgan fingerprint density at radius 2 is 1.92 bits per heavy atom. The number of benzene rings is 2. The maximum Gasteiger partial charge on any atom is 0.165 e. The van der Waals surface area contributed by atoms with Gasteiger partial charge in [0.2, 0.25) is 0 Å². The van der Waals surface area contributed by atoms with E-state index in [-0.39, 0.29) is 23.5 Å². The molecule has 1 aliphatic heterocycles. The van der Waals surface area contributed by atoms with Crippen LogP contribution in [0.2, 0.25) is 0 Å². The van der Waals surface area contributed by atoms with Crippen LogP contribution in [-0.2, 0) is 0 Å². The number of hydrogen-bond donors (Lipinski definition) is 2. The fraction of sp³-hybridized carbons (Fsp3) is 0.333. The average Bonchev–Trinajstić information content (AvgIpc) is 3.00. The summed E-state index contributed by atoms with van der Waals surface area (Å²) < 4.78 is 11.8. The van der Waals surface area contributed by atoms with Gasteiger partial charge in [-0.2, -0.15) is 0 Å². The monoisotopic (exact) mass is 340 g/mol. The summed E-state index contributed by atoms with van der Waals surface area (Å²) >= 11 is 0. The van der Waals surface area contributed by atoms with Crippen LogP contribution in [0.3, 0.4) is 0 Å². The lowest BCUT2D eigenvalue weighted by Crippen LogP contribution is -2.09. The Hall–Kier alpha value is -2.62. The van der Waals surface area contributed by atoms with E-state index in [0.717, 1.165) is 41.0 Å². The molecule has 132 valence electrons. The van der Waals surface area contributed by atoms with Gasteiger partial charge < -0.3 is 19.7 Å². The molecule has 4 heteroatoms. The van der Waals surface area contributed by atoms with Crippen molar-refractivity contribution in [3.8, 4) is 23.0 Å². The summed E-state index contributed by atoms with van der Waals surface area (Å²) in [6, 6.07) is 8.99. The van der Waals surface area contributed by atoms with Crippen LogP contribution >= 0.6 is 0 Å². The number of ether oxygens (including phenoxy) is 2. The van der Waals surface area contributed by atoms with Crippen molar-refractivity contribution in [1.29, 1.82) is 0 Å². The molecule has 1 heterocycles. The number of methoxy groups -OCH3 is 1. The van der Waals surface area contributed by atoms with Crippen molar-refractivity contribution in [3.05, 3.63) is 53.1 Å². The standard InChI is InChI=1S/C21H24O4/c1-4-6-7-13-10-16-15(5-2)20(25-21(16)19(11-13)24-3)14-8-9-17(22)18(23)12-14/h6-12,15,20,22-23H,4-5H2,1-3H3/b7-6+/t15-,20+/m0/s1. The van der Waals surface area contributed by atoms with E-state index in [9.17, 15) is 10.2 Å². The number of phenolic OH excluding ortho intramolecular Hbond substituents is 2. The van der Waals surface area contributed by atoms with E-state index >= 15 is 0 Å². The van der Waals surface area contributed by atoms with Crippen molar-refractivity contribution in [2.45, 2.75) is 38.7 Å². The molecule has 2 aromatic rings. The Bertz CT molecular complexity index is 795. The van der Waals surface area contributed by atoms with Gasteiger partial charge in [-0.15, -0.1) is 0 Å². The summed E-state index contributed by atoms with van der Waals surface area (Å²) in [6.45, 7) is 4.23. The quantitative estimate of drug-likeness (QED) is 0.738. The highest BCUT2D eigenvalue weighted by Gasteiger charge is 2.37. The van der Waals surface area contributed by atoms with E-state index in [1.165, 1.54) is 6.07 Å². The number of hydrogen-bond acceptors (Lipinski definition) is 4. The number of rotatable bonds is 5. The highest BCUT2D eigenvalue weighted by atomic mass is 16.5. The smallest absolute Gasteiger partial charge is 0.165 e. The minimum atomic E-state index is -0.217. The van der Waals surface area contributed by atoms with Crippen molar-refractivity contribution in [3.63, 3.8) is 0 Å². The van der Waals surface area contributed by atoms with E-state index in [0.29, 0.717) is 0 Å². The Labute approximate surface area is 148 Å². The number of allylic oxidation sites excluding steroid dienone is 1. The molecule has 2 atom stereocenters. The maximum atomic E-state index is 9.84. The first-order chi connectivity index (χ1) is 12.1. The largest absolute Gasteiger partial charge is 0.504 e. The lowest BCUT2D eigenvalue weighted by molar-refractivity contribution is 0.200. The predicted octanol–water partition coefficient (Wildman–Crippen LogP) is 5.16. The van der Waals surface area contributed by atoms with Crippen molar-refractivity contribution in [2.75, 3.05) is 7.11 Å². The van der Waals surface area contributed by atoms with Gasteiger partial charge in [0.05, 0.1) is 7.11 Å². The van der Waals surface area contributed by atoms with Crippen LogP contribution in [0.4, 0.5) is 0 Å². The van der Waals surface area contributed by atoms with Crippen molar-refractivity contribution in [1.82, 2.24) is 0 Å². The molecule has 0 aromatic heterocycles. The first kappa shape index (κ1) is 17.2. The third-order valence-electron chi connectivity index (χ3n) is 4.65. The van der Waals surface area contributed by atoms with Gasteiger partial charge in [-0.25, -0.2) is 0 Å². The molecule has 0 saturated carbocycles. The lowest BCUT2D eigenvalue weighted by atomic mass is 9.88. The molecular weight excluding hydrogens is 316 g/mol. The topological polar surface area (TPSA) is 58.9 Å². The fourth-order valence-corrected chi connectivity index (χ4v) is 3.37. The van der Waals surface area contributed by atoms with Crippen molar-refractivity contribution >= 4 is 6.08 Å². The van der Waals surface area contributed by atoms with Crippen LogP contribution in [-0.4, -0.2) is 17.3 Å². The highest BCUT2D eigenvalue weighted by Crippen LogP contribution is 2.52. The Kier molecular flexibility index (Phi) is 4.88. The molecular formula is C21H24O4. The Morgan fingerprint density at radius 1 is 1.12 bits per heavy atom. The maximum absolute atomic E-state index is 9.84. The third-order valence-corrected chi connectivity index (χ3v) is 4.65. The molecule has 2 aromatic carbocycles. The van der Waals surface area contributed by atoms with Crippen LogP contribution in [0, 0.1) is 0 Å². The first-order valence-corrected chi connectivity index (χ1v) is 8.66. The van der Waals surface area contributed by atoms with Gasteiger partial charge in [0, 0.05) is 11.5 Å². The van der Waals surface area contributed by atoms with Crippen LogP contribution in [0.15, 0.2) is 36.4 Å². The summed E-state index contributed by atoms with van der Waals surface area (Å²) in [5.41, 5.74) is 3.05. The van der Waals surface area contributed by atoms with Gasteiger partial charge >= 0.3 is 0 Å². The van der Waals surface area contributed by atoms with Crippen LogP contribution in [0.1, 0.15) is 55.4 Å². The predicted molar refractivity (Wildman–Crippen MR) is 98.5 cm³/mol. The molecule has 0 spiro atoms. The van der Waals surface area contributed by atoms with E-state index in [2.05, 4.69) is 32.1 Å². The summed E-state index contributed by atoms with van der Waals surface area (Å²) in [4.78, 5) is 0. The Morgan fingerprint density at radius 3 is 2.56 bits per heavy atom. The van der Waals surface area contributed by atoms with Gasteiger partial charge in [0.25, 0.3) is 0 Å². The second-order valence-corrected chi connectivity index (χ2v) is 6.25. The lowest BCUT2D eigenvalue weighted by Gasteiger charge is -2.18. The zero-order valence-corrected chi connectivity index (χ0v) is 14.8. The molecule has 0 saturated heterocycles. The number of fused-ring (bicyclic) bond motifs is 1. The molecule has 25 heavy (non-hydrogen) atoms. The molecule has 3 rings (SSSR count). The molecule has 0 bridgehead atoms. The summed E-state index contributed by atoms with van der Waals surface area (Å²) in [6.07, 6.45) is 5.86. The minimum Gasteiger partial charge on any atom is -0.504 e. The number of phenols is 2. The highest BCUT2D eigenvalue weighted by molar-refractivity contribution is 5.62. The fourth-order valence-electron chi connectivity index (χ4n) is 3.37. The second kappa shape index (κ2) is 7.09. The van der Waals surface area contributed by atoms with E-state index in [4.69, 9.17) is 9.47 Å². The zero-order valence-electron chi connectivity index (χ0n) is 14.8. The average molecular weight is 340 g/mol. The Balaban J connectivity index is 2.05. The summed E-state index contributed by atoms with van der Waals surface area (Å²) in [5.74, 6) is 1.38. The summed E-state index contributed by atoms with van der Waals surface area (Å²) in [5, 5.41) is 19.4. The second-order valence-electron chi connectivity index (χ2n) is 6.25. The van der Waals surface area contributed by atoms with E-state index in [1.807, 2.05) is 6.07 Å². The normalized spacial score (nSPS) is 19.0. The minimum absolute atomic E-state index is 0.128. The molecule has 2 N–H and O–H groups in total. The molecule has 0 radical (unpaired) electrons. The van der Waals surface area contributed by atoms with Crippen molar-refractivity contribution in [2.24, 2.45) is 0 Å². The summed E-state index contributed by atoms with van der Waals surface area (Å²) in [7, 11) is 1.65. The number of aromatic hydroxyl groups is 2. The molecule has 0 fully saturated rings. The zero-order chi connectivity index (χ0) is 18.0. The third kappa shape index (κ3) is 3.16. The van der Waals surface area contributed by atoms with Gasteiger partial charge in [0.15, 0.2) is 23.0 Å².